The van der Waals surface area contributed by atoms with E-state index >= 15 is 0 Å². The van der Waals surface area contributed by atoms with Gasteiger partial charge >= 0.3 is 0 Å². The maximum Gasteiger partial charge on any atom is 0.270 e. The van der Waals surface area contributed by atoms with Crippen molar-refractivity contribution in [3.05, 3.63) is 82.4 Å². The van der Waals surface area contributed by atoms with Gasteiger partial charge in [-0.15, -0.1) is 0 Å². The van der Waals surface area contributed by atoms with E-state index in [4.69, 9.17) is 16.6 Å². The lowest BCUT2D eigenvalue weighted by Gasteiger charge is -2.25. The Morgan fingerprint density at radius 2 is 2.10 bits per heavy atom. The number of nitrogens with zero attached hydrogens (tertiary/aromatic N) is 3. The molecule has 3 heterocycles. The van der Waals surface area contributed by atoms with Crippen LogP contribution in [0.5, 0.6) is 0 Å². The van der Waals surface area contributed by atoms with Gasteiger partial charge in [-0.3, -0.25) is 15.1 Å². The number of hydrogen-bond donors (Lipinski definition) is 2. The Bertz CT molecular complexity index is 1060. The normalized spacial score (nSPS) is 18.4. The lowest BCUT2D eigenvalue weighted by Crippen LogP contribution is -2.30. The topological polar surface area (TPSA) is 105 Å². The first-order chi connectivity index (χ1) is 14.6. The van der Waals surface area contributed by atoms with Crippen LogP contribution in [0, 0.1) is 10.1 Å². The van der Waals surface area contributed by atoms with Crippen LogP contribution in [-0.2, 0) is 0 Å². The molecule has 0 aliphatic carbocycles. The van der Waals surface area contributed by atoms with E-state index in [2.05, 4.69) is 10.3 Å². The van der Waals surface area contributed by atoms with Crippen molar-refractivity contribution in [2.75, 3.05) is 13.2 Å². The van der Waals surface area contributed by atoms with Gasteiger partial charge in [-0.1, -0.05) is 18.2 Å². The number of pyridine rings is 1. The molecule has 2 atom stereocenters. The summed E-state index contributed by atoms with van der Waals surface area (Å²) in [6.07, 6.45) is 2.29. The average Bonchev–Trinajstić information content (AvgIpc) is 3.37. The first-order valence-electron chi connectivity index (χ1n) is 9.52. The summed E-state index contributed by atoms with van der Waals surface area (Å²) in [5, 5.41) is 24.3. The van der Waals surface area contributed by atoms with Gasteiger partial charge in [0.2, 0.25) is 0 Å². The lowest BCUT2D eigenvalue weighted by molar-refractivity contribution is -0.384. The van der Waals surface area contributed by atoms with Crippen LogP contribution in [0.15, 0.2) is 65.2 Å². The molecule has 8 nitrogen and oxygen atoms in total. The van der Waals surface area contributed by atoms with Crippen LogP contribution in [0.1, 0.15) is 30.0 Å². The van der Waals surface area contributed by atoms with Crippen molar-refractivity contribution in [3.8, 4) is 11.3 Å². The van der Waals surface area contributed by atoms with Gasteiger partial charge in [0.05, 0.1) is 16.7 Å². The molecule has 0 spiro atoms. The van der Waals surface area contributed by atoms with Gasteiger partial charge < -0.3 is 19.7 Å². The Labute approximate surface area is 178 Å². The fourth-order valence-corrected chi connectivity index (χ4v) is 3.97. The molecule has 0 amide bonds. The van der Waals surface area contributed by atoms with E-state index in [0.717, 1.165) is 5.69 Å². The summed E-state index contributed by atoms with van der Waals surface area (Å²) in [6, 6.07) is 15.2. The second kappa shape index (κ2) is 8.60. The molecule has 1 fully saturated rings. The summed E-state index contributed by atoms with van der Waals surface area (Å²) in [7, 11) is 0. The maximum atomic E-state index is 11.1. The second-order valence-electron chi connectivity index (χ2n) is 6.91. The number of furan rings is 1. The third kappa shape index (κ3) is 3.89. The molecule has 0 radical (unpaired) electrons. The molecule has 1 aliphatic heterocycles. The third-order valence-electron chi connectivity index (χ3n) is 5.01. The Morgan fingerprint density at radius 1 is 1.23 bits per heavy atom. The molecule has 1 saturated heterocycles. The van der Waals surface area contributed by atoms with E-state index in [1.165, 1.54) is 12.1 Å². The number of non-ortho nitro benzene ring substituents is 1. The summed E-state index contributed by atoms with van der Waals surface area (Å²) in [4.78, 5) is 17.1. The van der Waals surface area contributed by atoms with E-state index in [1.807, 2.05) is 29.2 Å². The van der Waals surface area contributed by atoms with E-state index < -0.39 is 4.92 Å². The molecule has 30 heavy (non-hydrogen) atoms. The standard InChI is InChI=1S/C21H20N4O4S/c26-12-4-11-24-20(19(23-21(24)30)16-7-1-2-10-22-16)18-9-8-17(29-18)14-5-3-6-15(13-14)25(27)28/h1-3,5-10,13,19-20,26H,4,11-12H2,(H,23,30)/t19-,20+/m0/s1. The van der Waals surface area contributed by atoms with Crippen LogP contribution in [0.2, 0.25) is 0 Å². The first-order valence-corrected chi connectivity index (χ1v) is 9.93. The molecule has 154 valence electrons. The summed E-state index contributed by atoms with van der Waals surface area (Å²) in [5.74, 6) is 1.20. The van der Waals surface area contributed by atoms with Gasteiger partial charge in [-0.25, -0.2) is 0 Å². The highest BCUT2D eigenvalue weighted by molar-refractivity contribution is 7.80. The van der Waals surface area contributed by atoms with Gasteiger partial charge in [-0.05, 0) is 42.9 Å². The number of rotatable bonds is 7. The maximum absolute atomic E-state index is 11.1. The van der Waals surface area contributed by atoms with Crippen LogP contribution in [0.4, 0.5) is 5.69 Å². The van der Waals surface area contributed by atoms with E-state index in [9.17, 15) is 15.2 Å². The number of thiocarbonyl (C=S) groups is 1. The van der Waals surface area contributed by atoms with Crippen molar-refractivity contribution in [3.63, 3.8) is 0 Å². The first kappa shape index (κ1) is 20.0. The molecule has 1 aromatic carbocycles. The Kier molecular flexibility index (Phi) is 5.73. The van der Waals surface area contributed by atoms with Gasteiger partial charge in [0.1, 0.15) is 17.6 Å². The summed E-state index contributed by atoms with van der Waals surface area (Å²) >= 11 is 5.54. The van der Waals surface area contributed by atoms with Crippen LogP contribution >= 0.6 is 12.2 Å². The molecule has 3 aromatic rings. The van der Waals surface area contributed by atoms with Gasteiger partial charge in [0.25, 0.3) is 5.69 Å². The largest absolute Gasteiger partial charge is 0.459 e. The minimum Gasteiger partial charge on any atom is -0.459 e. The van der Waals surface area contributed by atoms with Crippen LogP contribution in [-0.4, -0.2) is 38.2 Å². The fraction of sp³-hybridized carbons (Fsp3) is 0.238. The molecule has 9 heteroatoms. The zero-order chi connectivity index (χ0) is 21.1. The molecule has 1 aliphatic rings. The van der Waals surface area contributed by atoms with Gasteiger partial charge in [0, 0.05) is 37.0 Å². The minimum atomic E-state index is -0.430. The SMILES string of the molecule is O=[N+]([O-])c1cccc(-c2ccc([C@@H]3[C@H](c4ccccn4)NC(=S)N3CCCO)o2)c1. The zero-order valence-electron chi connectivity index (χ0n) is 16.0. The van der Waals surface area contributed by atoms with Crippen molar-refractivity contribution in [1.82, 2.24) is 15.2 Å². The van der Waals surface area contributed by atoms with E-state index in [-0.39, 0.29) is 24.4 Å². The Balaban J connectivity index is 1.71. The highest BCUT2D eigenvalue weighted by atomic mass is 32.1. The molecular weight excluding hydrogens is 404 g/mol. The monoisotopic (exact) mass is 424 g/mol. The molecule has 0 bridgehead atoms. The third-order valence-corrected chi connectivity index (χ3v) is 5.37. The van der Waals surface area contributed by atoms with E-state index in [0.29, 0.717) is 35.2 Å². The number of aliphatic hydroxyl groups is 1. The smallest absolute Gasteiger partial charge is 0.270 e. The van der Waals surface area contributed by atoms with Crippen LogP contribution in [0.3, 0.4) is 0 Å². The average molecular weight is 424 g/mol. The lowest BCUT2D eigenvalue weighted by atomic mass is 10.0. The number of aromatic nitrogens is 1. The summed E-state index contributed by atoms with van der Waals surface area (Å²) in [5.41, 5.74) is 1.45. The second-order valence-corrected chi connectivity index (χ2v) is 7.29. The molecular formula is C21H20N4O4S. The highest BCUT2D eigenvalue weighted by Gasteiger charge is 2.41. The van der Waals surface area contributed by atoms with E-state index in [1.54, 1.807) is 24.4 Å². The van der Waals surface area contributed by atoms with Crippen molar-refractivity contribution in [1.29, 1.82) is 0 Å². The predicted molar refractivity (Wildman–Crippen MR) is 115 cm³/mol. The van der Waals surface area contributed by atoms with Gasteiger partial charge in [-0.2, -0.15) is 0 Å². The number of aliphatic hydroxyl groups excluding tert-OH is 1. The van der Waals surface area contributed by atoms with Crippen molar-refractivity contribution < 1.29 is 14.4 Å². The van der Waals surface area contributed by atoms with Crippen molar-refractivity contribution in [2.45, 2.75) is 18.5 Å². The fourth-order valence-electron chi connectivity index (χ4n) is 3.64. The zero-order valence-corrected chi connectivity index (χ0v) is 16.8. The number of nitro groups is 1. The molecule has 2 aromatic heterocycles. The van der Waals surface area contributed by atoms with Crippen molar-refractivity contribution in [2.24, 2.45) is 0 Å². The van der Waals surface area contributed by atoms with Crippen LogP contribution in [0.25, 0.3) is 11.3 Å². The molecule has 4 rings (SSSR count). The number of nitrogens with one attached hydrogen (secondary N) is 1. The molecule has 0 saturated carbocycles. The Hall–Kier alpha value is -3.30. The highest BCUT2D eigenvalue weighted by Crippen LogP contribution is 2.40. The summed E-state index contributed by atoms with van der Waals surface area (Å²) in [6.45, 7) is 0.611. The Morgan fingerprint density at radius 3 is 2.83 bits per heavy atom. The predicted octanol–water partition coefficient (Wildman–Crippen LogP) is 3.60. The number of hydrogen-bond acceptors (Lipinski definition) is 6. The van der Waals surface area contributed by atoms with Gasteiger partial charge in [0.15, 0.2) is 5.11 Å². The molecule has 0 unspecified atom stereocenters. The number of nitro benzene ring substituents is 1. The quantitative estimate of drug-likeness (QED) is 0.337. The minimum absolute atomic E-state index is 0.00472. The number of benzene rings is 1. The molecule has 2 N–H and O–H groups in total. The van der Waals surface area contributed by atoms with Crippen molar-refractivity contribution >= 4 is 23.0 Å². The summed E-state index contributed by atoms with van der Waals surface area (Å²) < 4.78 is 6.14. The van der Waals surface area contributed by atoms with Crippen LogP contribution < -0.4 is 5.32 Å².